The molecule has 0 saturated carbocycles. The van der Waals surface area contributed by atoms with E-state index in [1.54, 1.807) is 12.3 Å². The molecule has 0 amide bonds. The number of hydrogen-bond donors (Lipinski definition) is 0. The Bertz CT molecular complexity index is 664. The molecule has 0 fully saturated rings. The SMILES string of the molecule is Cc1cc(Oc2cncc(CCl)c2)c(F)cc1[N+](=O)[O-]. The van der Waals surface area contributed by atoms with Gasteiger partial charge in [-0.2, -0.15) is 0 Å². The zero-order chi connectivity index (χ0) is 14.7. The Labute approximate surface area is 119 Å². The maximum Gasteiger partial charge on any atom is 0.275 e. The van der Waals surface area contributed by atoms with Gasteiger partial charge in [0.25, 0.3) is 5.69 Å². The van der Waals surface area contributed by atoms with Gasteiger partial charge in [-0.15, -0.1) is 11.6 Å². The van der Waals surface area contributed by atoms with Crippen molar-refractivity contribution in [3.63, 3.8) is 0 Å². The predicted octanol–water partition coefficient (Wildman–Crippen LogP) is 3.97. The zero-order valence-corrected chi connectivity index (χ0v) is 11.2. The highest BCUT2D eigenvalue weighted by Gasteiger charge is 2.16. The Balaban J connectivity index is 2.34. The van der Waals surface area contributed by atoms with Crippen molar-refractivity contribution in [2.45, 2.75) is 12.8 Å². The van der Waals surface area contributed by atoms with Gasteiger partial charge in [0.1, 0.15) is 5.75 Å². The van der Waals surface area contributed by atoms with Crippen LogP contribution in [0.25, 0.3) is 0 Å². The van der Waals surface area contributed by atoms with E-state index in [2.05, 4.69) is 4.98 Å². The van der Waals surface area contributed by atoms with Crippen molar-refractivity contribution in [2.24, 2.45) is 0 Å². The minimum absolute atomic E-state index is 0.0957. The van der Waals surface area contributed by atoms with Crippen LogP contribution in [0.5, 0.6) is 11.5 Å². The number of hydrogen-bond acceptors (Lipinski definition) is 4. The summed E-state index contributed by atoms with van der Waals surface area (Å²) in [4.78, 5) is 14.0. The van der Waals surface area contributed by atoms with Crippen LogP contribution in [-0.2, 0) is 5.88 Å². The third-order valence-corrected chi connectivity index (χ3v) is 2.91. The molecule has 0 N–H and O–H groups in total. The van der Waals surface area contributed by atoms with Crippen LogP contribution in [-0.4, -0.2) is 9.91 Å². The molecule has 2 aromatic rings. The standard InChI is InChI=1S/C13H10ClFN2O3/c1-8-2-13(11(15)4-12(8)17(18)19)20-10-3-9(5-14)6-16-7-10/h2-4,6-7H,5H2,1H3. The summed E-state index contributed by atoms with van der Waals surface area (Å²) in [5.41, 5.74) is 0.749. The van der Waals surface area contributed by atoms with Gasteiger partial charge in [-0.25, -0.2) is 4.39 Å². The molecule has 0 saturated heterocycles. The van der Waals surface area contributed by atoms with E-state index in [4.69, 9.17) is 16.3 Å². The number of aromatic nitrogens is 1. The normalized spacial score (nSPS) is 10.3. The lowest BCUT2D eigenvalue weighted by Crippen LogP contribution is -1.96. The van der Waals surface area contributed by atoms with Crippen molar-refractivity contribution in [3.05, 3.63) is 57.7 Å². The van der Waals surface area contributed by atoms with Gasteiger partial charge in [0.2, 0.25) is 0 Å². The Morgan fingerprint density at radius 2 is 2.15 bits per heavy atom. The molecule has 0 atom stereocenters. The average molecular weight is 297 g/mol. The van der Waals surface area contributed by atoms with Crippen LogP contribution in [0.1, 0.15) is 11.1 Å². The van der Waals surface area contributed by atoms with E-state index < -0.39 is 10.7 Å². The first-order valence-corrected chi connectivity index (χ1v) is 6.17. The number of benzene rings is 1. The van der Waals surface area contributed by atoms with E-state index >= 15 is 0 Å². The van der Waals surface area contributed by atoms with Gasteiger partial charge >= 0.3 is 0 Å². The van der Waals surface area contributed by atoms with E-state index in [1.807, 2.05) is 0 Å². The molecule has 20 heavy (non-hydrogen) atoms. The first kappa shape index (κ1) is 14.2. The number of pyridine rings is 1. The molecule has 0 unspecified atom stereocenters. The van der Waals surface area contributed by atoms with E-state index in [-0.39, 0.29) is 17.3 Å². The van der Waals surface area contributed by atoms with Crippen LogP contribution < -0.4 is 4.74 Å². The van der Waals surface area contributed by atoms with Crippen LogP contribution in [0.3, 0.4) is 0 Å². The van der Waals surface area contributed by atoms with E-state index in [0.717, 1.165) is 11.6 Å². The van der Waals surface area contributed by atoms with E-state index in [1.165, 1.54) is 19.2 Å². The van der Waals surface area contributed by atoms with Crippen LogP contribution in [0.15, 0.2) is 30.6 Å². The maximum absolute atomic E-state index is 13.8. The third kappa shape index (κ3) is 3.03. The Hall–Kier alpha value is -2.21. The number of nitro groups is 1. The van der Waals surface area contributed by atoms with E-state index in [9.17, 15) is 14.5 Å². The number of aryl methyl sites for hydroxylation is 1. The molecule has 0 aliphatic rings. The molecule has 0 spiro atoms. The van der Waals surface area contributed by atoms with Crippen molar-refractivity contribution in [2.75, 3.05) is 0 Å². The zero-order valence-electron chi connectivity index (χ0n) is 10.5. The third-order valence-electron chi connectivity index (χ3n) is 2.60. The topological polar surface area (TPSA) is 65.3 Å². The molecule has 1 heterocycles. The quantitative estimate of drug-likeness (QED) is 0.486. The van der Waals surface area contributed by atoms with Crippen LogP contribution in [0, 0.1) is 22.9 Å². The number of nitro benzene ring substituents is 1. The van der Waals surface area contributed by atoms with Crippen LogP contribution >= 0.6 is 11.6 Å². The fourth-order valence-corrected chi connectivity index (χ4v) is 1.79. The van der Waals surface area contributed by atoms with Gasteiger partial charge < -0.3 is 4.74 Å². The predicted molar refractivity (Wildman–Crippen MR) is 71.7 cm³/mol. The fraction of sp³-hybridized carbons (Fsp3) is 0.154. The minimum atomic E-state index is -0.807. The number of alkyl halides is 1. The van der Waals surface area contributed by atoms with Gasteiger partial charge in [0.05, 0.1) is 17.2 Å². The number of rotatable bonds is 4. The monoisotopic (exact) mass is 296 g/mol. The Morgan fingerprint density at radius 1 is 1.40 bits per heavy atom. The second kappa shape index (κ2) is 5.83. The first-order chi connectivity index (χ1) is 9.51. The minimum Gasteiger partial charge on any atom is -0.453 e. The summed E-state index contributed by atoms with van der Waals surface area (Å²) in [5, 5.41) is 10.7. The molecular weight excluding hydrogens is 287 g/mol. The van der Waals surface area contributed by atoms with Gasteiger partial charge in [-0.1, -0.05) is 0 Å². The summed E-state index contributed by atoms with van der Waals surface area (Å²) in [7, 11) is 0. The van der Waals surface area contributed by atoms with Gasteiger partial charge in [-0.3, -0.25) is 15.1 Å². The molecule has 2 rings (SSSR count). The van der Waals surface area contributed by atoms with Gasteiger partial charge in [0, 0.05) is 17.6 Å². The van der Waals surface area contributed by atoms with Crippen LogP contribution in [0.2, 0.25) is 0 Å². The van der Waals surface area contributed by atoms with Crippen molar-refractivity contribution >= 4 is 17.3 Å². The summed E-state index contributed by atoms with van der Waals surface area (Å²) < 4.78 is 19.1. The molecule has 0 aliphatic carbocycles. The molecule has 1 aromatic carbocycles. The highest BCUT2D eigenvalue weighted by molar-refractivity contribution is 6.17. The van der Waals surface area contributed by atoms with Crippen LogP contribution in [0.4, 0.5) is 10.1 Å². The summed E-state index contributed by atoms with van der Waals surface area (Å²) >= 11 is 5.67. The molecule has 0 radical (unpaired) electrons. The summed E-state index contributed by atoms with van der Waals surface area (Å²) in [6, 6.07) is 3.74. The van der Waals surface area contributed by atoms with Crippen molar-refractivity contribution < 1.29 is 14.1 Å². The fourth-order valence-electron chi connectivity index (χ4n) is 1.64. The molecule has 0 aliphatic heterocycles. The number of ether oxygens (including phenoxy) is 1. The number of nitrogens with zero attached hydrogens (tertiary/aromatic N) is 2. The molecular formula is C13H10ClFN2O3. The molecule has 5 nitrogen and oxygen atoms in total. The highest BCUT2D eigenvalue weighted by Crippen LogP contribution is 2.30. The second-order valence-corrected chi connectivity index (χ2v) is 4.36. The van der Waals surface area contributed by atoms with Gasteiger partial charge in [0.15, 0.2) is 11.6 Å². The van der Waals surface area contributed by atoms with Crippen molar-refractivity contribution in [3.8, 4) is 11.5 Å². The summed E-state index contributed by atoms with van der Waals surface area (Å²) in [6.45, 7) is 1.51. The van der Waals surface area contributed by atoms with Gasteiger partial charge in [-0.05, 0) is 24.6 Å². The molecule has 7 heteroatoms. The Kier molecular flexibility index (Phi) is 4.14. The lowest BCUT2D eigenvalue weighted by atomic mass is 10.2. The van der Waals surface area contributed by atoms with Crippen molar-refractivity contribution in [1.29, 1.82) is 0 Å². The van der Waals surface area contributed by atoms with Crippen molar-refractivity contribution in [1.82, 2.24) is 4.98 Å². The second-order valence-electron chi connectivity index (χ2n) is 4.09. The lowest BCUT2D eigenvalue weighted by Gasteiger charge is -2.08. The highest BCUT2D eigenvalue weighted by atomic mass is 35.5. The molecule has 1 aromatic heterocycles. The number of halogens is 2. The molecule has 104 valence electrons. The maximum atomic E-state index is 13.8. The lowest BCUT2D eigenvalue weighted by molar-refractivity contribution is -0.385. The summed E-state index contributed by atoms with van der Waals surface area (Å²) in [6.07, 6.45) is 2.98. The molecule has 0 bridgehead atoms. The largest absolute Gasteiger partial charge is 0.453 e. The smallest absolute Gasteiger partial charge is 0.275 e. The summed E-state index contributed by atoms with van der Waals surface area (Å²) in [5.74, 6) is -0.332. The van der Waals surface area contributed by atoms with E-state index in [0.29, 0.717) is 11.3 Å². The first-order valence-electron chi connectivity index (χ1n) is 5.63. The average Bonchev–Trinajstić information content (AvgIpc) is 2.42. The Morgan fingerprint density at radius 3 is 2.80 bits per heavy atom.